The molecule has 0 aromatic heterocycles. The molecule has 0 unspecified atom stereocenters. The van der Waals surface area contributed by atoms with Gasteiger partial charge in [0.25, 0.3) is 0 Å². The summed E-state index contributed by atoms with van der Waals surface area (Å²) in [7, 11) is 0. The average Bonchev–Trinajstić information content (AvgIpc) is 2.14. The van der Waals surface area contributed by atoms with Gasteiger partial charge in [-0.3, -0.25) is 0 Å². The second-order valence-corrected chi connectivity index (χ2v) is 3.65. The summed E-state index contributed by atoms with van der Waals surface area (Å²) >= 11 is 0. The van der Waals surface area contributed by atoms with Gasteiger partial charge in [-0.05, 0) is 31.5 Å². The standard InChI is InChI=1S/C11H16N2O2/c1-8(2)13-11(15)12-7-9-4-3-5-10(14)6-9/h3-6,8,14H,7H2,1-2H3,(H2,12,13,15). The summed E-state index contributed by atoms with van der Waals surface area (Å²) in [5.74, 6) is 0.207. The Morgan fingerprint density at radius 2 is 2.20 bits per heavy atom. The topological polar surface area (TPSA) is 61.4 Å². The van der Waals surface area contributed by atoms with Gasteiger partial charge in [0, 0.05) is 12.6 Å². The number of rotatable bonds is 3. The van der Waals surface area contributed by atoms with Crippen molar-refractivity contribution in [1.82, 2.24) is 10.6 Å². The van der Waals surface area contributed by atoms with E-state index in [2.05, 4.69) is 10.6 Å². The van der Waals surface area contributed by atoms with Crippen LogP contribution in [-0.2, 0) is 6.54 Å². The lowest BCUT2D eigenvalue weighted by Gasteiger charge is -2.10. The highest BCUT2D eigenvalue weighted by molar-refractivity contribution is 5.74. The zero-order chi connectivity index (χ0) is 11.3. The lowest BCUT2D eigenvalue weighted by atomic mass is 10.2. The number of aromatic hydroxyl groups is 1. The van der Waals surface area contributed by atoms with E-state index in [0.717, 1.165) is 5.56 Å². The fourth-order valence-corrected chi connectivity index (χ4v) is 1.16. The molecule has 82 valence electrons. The maximum Gasteiger partial charge on any atom is 0.315 e. The summed E-state index contributed by atoms with van der Waals surface area (Å²) in [5, 5.41) is 14.6. The SMILES string of the molecule is CC(C)NC(=O)NCc1cccc(O)c1. The van der Waals surface area contributed by atoms with Gasteiger partial charge in [0.15, 0.2) is 0 Å². The molecule has 4 heteroatoms. The molecule has 1 rings (SSSR count). The molecule has 1 aromatic rings. The Hall–Kier alpha value is -1.71. The van der Waals surface area contributed by atoms with Crippen molar-refractivity contribution in [3.05, 3.63) is 29.8 Å². The lowest BCUT2D eigenvalue weighted by Crippen LogP contribution is -2.38. The summed E-state index contributed by atoms with van der Waals surface area (Å²) in [6.45, 7) is 4.20. The van der Waals surface area contributed by atoms with E-state index < -0.39 is 0 Å². The summed E-state index contributed by atoms with van der Waals surface area (Å²) in [5.41, 5.74) is 0.869. The zero-order valence-corrected chi connectivity index (χ0v) is 8.95. The molecule has 15 heavy (non-hydrogen) atoms. The predicted octanol–water partition coefficient (Wildman–Crippen LogP) is 1.60. The van der Waals surface area contributed by atoms with E-state index in [9.17, 15) is 9.90 Å². The van der Waals surface area contributed by atoms with Crippen molar-refractivity contribution >= 4 is 6.03 Å². The molecular weight excluding hydrogens is 192 g/mol. The number of phenols is 1. The van der Waals surface area contributed by atoms with E-state index in [1.54, 1.807) is 18.2 Å². The number of urea groups is 1. The number of amides is 2. The zero-order valence-electron chi connectivity index (χ0n) is 8.95. The number of hydrogen-bond acceptors (Lipinski definition) is 2. The molecule has 0 spiro atoms. The molecule has 4 nitrogen and oxygen atoms in total. The highest BCUT2D eigenvalue weighted by atomic mass is 16.3. The van der Waals surface area contributed by atoms with Crippen LogP contribution in [0.2, 0.25) is 0 Å². The molecule has 0 aliphatic heterocycles. The third-order valence-corrected chi connectivity index (χ3v) is 1.78. The predicted molar refractivity (Wildman–Crippen MR) is 58.6 cm³/mol. The molecule has 0 radical (unpaired) electrons. The summed E-state index contributed by atoms with van der Waals surface area (Å²) in [6, 6.07) is 6.72. The van der Waals surface area contributed by atoms with E-state index in [1.807, 2.05) is 19.9 Å². The van der Waals surface area contributed by atoms with Crippen LogP contribution in [0.5, 0.6) is 5.75 Å². The first-order valence-corrected chi connectivity index (χ1v) is 4.90. The monoisotopic (exact) mass is 208 g/mol. The Morgan fingerprint density at radius 3 is 2.80 bits per heavy atom. The van der Waals surface area contributed by atoms with Gasteiger partial charge in [0.2, 0.25) is 0 Å². The number of hydrogen-bond donors (Lipinski definition) is 3. The second kappa shape index (κ2) is 5.24. The molecule has 3 N–H and O–H groups in total. The Kier molecular flexibility index (Phi) is 3.97. The Labute approximate surface area is 89.3 Å². The highest BCUT2D eigenvalue weighted by Crippen LogP contribution is 2.10. The van der Waals surface area contributed by atoms with Crippen LogP contribution in [0.25, 0.3) is 0 Å². The minimum Gasteiger partial charge on any atom is -0.508 e. The van der Waals surface area contributed by atoms with Crippen molar-refractivity contribution in [2.45, 2.75) is 26.4 Å². The molecule has 2 amide bonds. The van der Waals surface area contributed by atoms with Crippen molar-refractivity contribution in [2.75, 3.05) is 0 Å². The Morgan fingerprint density at radius 1 is 1.47 bits per heavy atom. The summed E-state index contributed by atoms with van der Waals surface area (Å²) in [6.07, 6.45) is 0. The molecular formula is C11H16N2O2. The minimum atomic E-state index is -0.201. The van der Waals surface area contributed by atoms with E-state index >= 15 is 0 Å². The average molecular weight is 208 g/mol. The Balaban J connectivity index is 2.40. The van der Waals surface area contributed by atoms with Crippen molar-refractivity contribution in [3.63, 3.8) is 0 Å². The fraction of sp³-hybridized carbons (Fsp3) is 0.364. The first-order chi connectivity index (χ1) is 7.08. The highest BCUT2D eigenvalue weighted by Gasteiger charge is 2.01. The van der Waals surface area contributed by atoms with Crippen LogP contribution in [0.15, 0.2) is 24.3 Å². The number of carbonyl (C=O) groups is 1. The van der Waals surface area contributed by atoms with Crippen LogP contribution >= 0.6 is 0 Å². The van der Waals surface area contributed by atoms with Gasteiger partial charge in [-0.2, -0.15) is 0 Å². The first-order valence-electron chi connectivity index (χ1n) is 4.90. The third-order valence-electron chi connectivity index (χ3n) is 1.78. The first kappa shape index (κ1) is 11.4. The maximum absolute atomic E-state index is 11.2. The molecule has 0 atom stereocenters. The third kappa shape index (κ3) is 4.35. The van der Waals surface area contributed by atoms with Crippen molar-refractivity contribution in [1.29, 1.82) is 0 Å². The molecule has 0 aliphatic rings. The molecule has 0 fully saturated rings. The van der Waals surface area contributed by atoms with Crippen molar-refractivity contribution in [3.8, 4) is 5.75 Å². The van der Waals surface area contributed by atoms with E-state index in [-0.39, 0.29) is 17.8 Å². The largest absolute Gasteiger partial charge is 0.508 e. The smallest absolute Gasteiger partial charge is 0.315 e. The molecule has 0 bridgehead atoms. The van der Waals surface area contributed by atoms with Crippen LogP contribution in [0.4, 0.5) is 4.79 Å². The van der Waals surface area contributed by atoms with Gasteiger partial charge < -0.3 is 15.7 Å². The van der Waals surface area contributed by atoms with E-state index in [0.29, 0.717) is 6.54 Å². The molecule has 1 aromatic carbocycles. The van der Waals surface area contributed by atoms with Gasteiger partial charge in [-0.25, -0.2) is 4.79 Å². The Bertz CT molecular complexity index is 337. The van der Waals surface area contributed by atoms with Crippen molar-refractivity contribution in [2.24, 2.45) is 0 Å². The minimum absolute atomic E-state index is 0.120. The van der Waals surface area contributed by atoms with Gasteiger partial charge >= 0.3 is 6.03 Å². The summed E-state index contributed by atoms with van der Waals surface area (Å²) < 4.78 is 0. The molecule has 0 saturated heterocycles. The molecule has 0 saturated carbocycles. The van der Waals surface area contributed by atoms with Gasteiger partial charge in [-0.15, -0.1) is 0 Å². The van der Waals surface area contributed by atoms with Gasteiger partial charge in [0.1, 0.15) is 5.75 Å². The number of carbonyl (C=O) groups excluding carboxylic acids is 1. The quantitative estimate of drug-likeness (QED) is 0.706. The van der Waals surface area contributed by atoms with Crippen LogP contribution < -0.4 is 10.6 Å². The fourth-order valence-electron chi connectivity index (χ4n) is 1.16. The van der Waals surface area contributed by atoms with Crippen molar-refractivity contribution < 1.29 is 9.90 Å². The second-order valence-electron chi connectivity index (χ2n) is 3.65. The van der Waals surface area contributed by atoms with Crippen LogP contribution in [0.3, 0.4) is 0 Å². The van der Waals surface area contributed by atoms with Gasteiger partial charge in [0.05, 0.1) is 0 Å². The molecule has 0 heterocycles. The number of nitrogens with one attached hydrogen (secondary N) is 2. The number of benzene rings is 1. The lowest BCUT2D eigenvalue weighted by molar-refractivity contribution is 0.238. The summed E-state index contributed by atoms with van der Waals surface area (Å²) in [4.78, 5) is 11.2. The molecule has 0 aliphatic carbocycles. The van der Waals surface area contributed by atoms with Crippen LogP contribution in [0.1, 0.15) is 19.4 Å². The van der Waals surface area contributed by atoms with Gasteiger partial charge in [-0.1, -0.05) is 12.1 Å². The van der Waals surface area contributed by atoms with E-state index in [4.69, 9.17) is 0 Å². The van der Waals surface area contributed by atoms with E-state index in [1.165, 1.54) is 0 Å². The van der Waals surface area contributed by atoms with Crippen LogP contribution in [0, 0.1) is 0 Å². The van der Waals surface area contributed by atoms with Crippen LogP contribution in [-0.4, -0.2) is 17.2 Å². The normalized spacial score (nSPS) is 10.1. The maximum atomic E-state index is 11.2. The number of phenolic OH excluding ortho intramolecular Hbond substituents is 1.